The first kappa shape index (κ1) is 29.4. The Kier molecular flexibility index (Phi) is 6.45. The van der Waals surface area contributed by atoms with Crippen LogP contribution in [0.25, 0.3) is 83.2 Å². The lowest BCUT2D eigenvalue weighted by molar-refractivity contribution is 0.360. The molecule has 1 aliphatic rings. The van der Waals surface area contributed by atoms with Crippen LogP contribution in [-0.4, -0.2) is 19.5 Å². The zero-order chi connectivity index (χ0) is 34.9. The van der Waals surface area contributed by atoms with Gasteiger partial charge in [-0.15, -0.1) is 0 Å². The highest BCUT2D eigenvalue weighted by Gasteiger charge is 2.27. The number of para-hydroxylation sites is 4. The molecule has 0 N–H and O–H groups in total. The fraction of sp³-hybridized carbons (Fsp3) is 0. The molecule has 53 heavy (non-hydrogen) atoms. The van der Waals surface area contributed by atoms with Gasteiger partial charge < -0.3 is 14.0 Å². The van der Waals surface area contributed by atoms with Crippen LogP contribution in [0.4, 0.5) is 0 Å². The topological polar surface area (TPSA) is 62.1 Å². The van der Waals surface area contributed by atoms with Crippen molar-refractivity contribution in [1.82, 2.24) is 19.5 Å². The number of rotatable bonds is 4. The maximum Gasteiger partial charge on any atom is 0.181 e. The Morgan fingerprint density at radius 1 is 0.377 bits per heavy atom. The van der Waals surface area contributed by atoms with Gasteiger partial charge in [-0.3, -0.25) is 0 Å². The molecule has 0 saturated heterocycles. The summed E-state index contributed by atoms with van der Waals surface area (Å²) in [5, 5.41) is 7.05. The Hall–Kier alpha value is -7.31. The Morgan fingerprint density at radius 2 is 0.962 bits per heavy atom. The first-order valence-electron chi connectivity index (χ1n) is 17.6. The number of nitrogens with zero attached hydrogens (tertiary/aromatic N) is 4. The summed E-state index contributed by atoms with van der Waals surface area (Å²) in [4.78, 5) is 15.4. The van der Waals surface area contributed by atoms with Crippen LogP contribution in [-0.2, 0) is 0 Å². The van der Waals surface area contributed by atoms with E-state index in [0.29, 0.717) is 46.0 Å². The van der Waals surface area contributed by atoms with E-state index >= 15 is 0 Å². The molecule has 1 aliphatic heterocycles. The normalized spacial score (nSPS) is 12.1. The molecule has 0 unspecified atom stereocenters. The predicted molar refractivity (Wildman–Crippen MR) is 212 cm³/mol. The van der Waals surface area contributed by atoms with Crippen LogP contribution in [0.5, 0.6) is 23.0 Å². The van der Waals surface area contributed by atoms with Gasteiger partial charge >= 0.3 is 0 Å². The number of aromatic nitrogens is 4. The first-order valence-corrected chi connectivity index (χ1v) is 17.6. The van der Waals surface area contributed by atoms with Gasteiger partial charge in [0.25, 0.3) is 0 Å². The average molecular weight is 681 g/mol. The van der Waals surface area contributed by atoms with Gasteiger partial charge in [-0.1, -0.05) is 127 Å². The minimum atomic E-state index is 0.481. The van der Waals surface area contributed by atoms with E-state index < -0.39 is 0 Å². The zero-order valence-corrected chi connectivity index (χ0v) is 28.3. The molecule has 0 radical (unpaired) electrons. The van der Waals surface area contributed by atoms with E-state index in [1.807, 2.05) is 60.7 Å². The molecule has 0 saturated carbocycles. The van der Waals surface area contributed by atoms with E-state index in [2.05, 4.69) is 114 Å². The fourth-order valence-electron chi connectivity index (χ4n) is 7.61. The van der Waals surface area contributed by atoms with Gasteiger partial charge in [0.15, 0.2) is 40.5 Å². The molecule has 0 atom stereocenters. The second-order valence-corrected chi connectivity index (χ2v) is 13.2. The van der Waals surface area contributed by atoms with Gasteiger partial charge in [-0.05, 0) is 57.9 Å². The van der Waals surface area contributed by atoms with Crippen molar-refractivity contribution in [3.05, 3.63) is 170 Å². The molecule has 6 nitrogen and oxygen atoms in total. The summed E-state index contributed by atoms with van der Waals surface area (Å²) in [7, 11) is 0. The highest BCUT2D eigenvalue weighted by atomic mass is 16.6. The molecule has 0 aliphatic carbocycles. The molecule has 3 heterocycles. The minimum absolute atomic E-state index is 0.481. The summed E-state index contributed by atoms with van der Waals surface area (Å²) in [5.74, 6) is 4.03. The van der Waals surface area contributed by atoms with Crippen molar-refractivity contribution in [1.29, 1.82) is 0 Å². The molecule has 6 heteroatoms. The largest absolute Gasteiger partial charge is 0.449 e. The highest BCUT2D eigenvalue weighted by molar-refractivity contribution is 6.10. The number of fused-ring (bicyclic) bond motifs is 8. The van der Waals surface area contributed by atoms with Gasteiger partial charge in [0.2, 0.25) is 0 Å². The van der Waals surface area contributed by atoms with Crippen LogP contribution >= 0.6 is 0 Å². The smallest absolute Gasteiger partial charge is 0.181 e. The van der Waals surface area contributed by atoms with Crippen molar-refractivity contribution in [2.24, 2.45) is 0 Å². The van der Waals surface area contributed by atoms with Crippen molar-refractivity contribution in [3.63, 3.8) is 0 Å². The number of hydrogen-bond donors (Lipinski definition) is 0. The summed E-state index contributed by atoms with van der Waals surface area (Å²) >= 11 is 0. The maximum absolute atomic E-state index is 6.67. The van der Waals surface area contributed by atoms with Crippen molar-refractivity contribution in [3.8, 4) is 62.8 Å². The number of ether oxygens (including phenoxy) is 2. The quantitative estimate of drug-likeness (QED) is 0.173. The number of hydrogen-bond acceptors (Lipinski definition) is 5. The first-order chi connectivity index (χ1) is 26.2. The summed E-state index contributed by atoms with van der Waals surface area (Å²) in [6.07, 6.45) is 0. The second-order valence-electron chi connectivity index (χ2n) is 13.2. The monoisotopic (exact) mass is 680 g/mol. The van der Waals surface area contributed by atoms with Crippen LogP contribution in [0, 0.1) is 0 Å². The molecule has 248 valence electrons. The molecule has 0 spiro atoms. The molecule has 10 aromatic rings. The molecular formula is C47H28N4O2. The van der Waals surface area contributed by atoms with E-state index in [1.54, 1.807) is 0 Å². The third-order valence-corrected chi connectivity index (χ3v) is 10.1. The predicted octanol–water partition coefficient (Wildman–Crippen LogP) is 12.2. The van der Waals surface area contributed by atoms with Gasteiger partial charge in [0, 0.05) is 28.0 Å². The van der Waals surface area contributed by atoms with Crippen molar-refractivity contribution in [2.45, 2.75) is 0 Å². The summed E-state index contributed by atoms with van der Waals surface area (Å²) in [6.45, 7) is 0. The van der Waals surface area contributed by atoms with Crippen molar-refractivity contribution in [2.75, 3.05) is 0 Å². The van der Waals surface area contributed by atoms with Gasteiger partial charge in [-0.2, -0.15) is 0 Å². The maximum atomic E-state index is 6.67. The zero-order valence-electron chi connectivity index (χ0n) is 28.3. The van der Waals surface area contributed by atoms with Crippen molar-refractivity contribution >= 4 is 43.4 Å². The minimum Gasteiger partial charge on any atom is -0.449 e. The molecular weight excluding hydrogens is 653 g/mol. The van der Waals surface area contributed by atoms with Crippen LogP contribution in [0.2, 0.25) is 0 Å². The van der Waals surface area contributed by atoms with Crippen LogP contribution in [0.1, 0.15) is 0 Å². The van der Waals surface area contributed by atoms with E-state index in [-0.39, 0.29) is 0 Å². The summed E-state index contributed by atoms with van der Waals surface area (Å²) in [6, 6.07) is 58.1. The Labute approximate surface area is 304 Å². The van der Waals surface area contributed by atoms with Crippen molar-refractivity contribution < 1.29 is 9.47 Å². The van der Waals surface area contributed by atoms with E-state index in [4.69, 9.17) is 24.4 Å². The van der Waals surface area contributed by atoms with Crippen LogP contribution in [0.15, 0.2) is 170 Å². The molecule has 8 aromatic carbocycles. The molecule has 0 fully saturated rings. The highest BCUT2D eigenvalue weighted by Crippen LogP contribution is 2.51. The molecule has 11 rings (SSSR count). The second kappa shape index (κ2) is 11.6. The molecule has 2 aromatic heterocycles. The summed E-state index contributed by atoms with van der Waals surface area (Å²) < 4.78 is 15.5. The average Bonchev–Trinajstić information content (AvgIpc) is 3.57. The van der Waals surface area contributed by atoms with E-state index in [1.165, 1.54) is 26.9 Å². The number of benzene rings is 8. The Balaban J connectivity index is 1.17. The lowest BCUT2D eigenvalue weighted by Crippen LogP contribution is -2.06. The SMILES string of the molecule is c1ccc(-c2nc(-c3ccc4c(ccc5ccccc54)c3)nc(-c3cc(-n4c5ccccc5c5ccccc54)cc4c3Oc3ccccc3O4)n2)cc1. The Morgan fingerprint density at radius 3 is 1.74 bits per heavy atom. The molecule has 0 bridgehead atoms. The van der Waals surface area contributed by atoms with Gasteiger partial charge in [-0.25, -0.2) is 15.0 Å². The lowest BCUT2D eigenvalue weighted by atomic mass is 10.00. The molecule has 0 amide bonds. The van der Waals surface area contributed by atoms with E-state index in [9.17, 15) is 0 Å². The van der Waals surface area contributed by atoms with Crippen LogP contribution in [0.3, 0.4) is 0 Å². The standard InChI is InChI=1S/C47H28N4O2/c1-2-13-30(14-3-1)45-48-46(32-24-25-35-31(26-32)23-22-29-12-4-5-15-34(29)35)50-47(49-45)38-27-33(28-43-44(38)53-42-21-11-10-20-41(42)52-43)51-39-18-8-6-16-36(39)37-17-7-9-19-40(37)51/h1-28H. The Bertz CT molecular complexity index is 3030. The summed E-state index contributed by atoms with van der Waals surface area (Å²) in [5.41, 5.74) is 5.55. The fourth-order valence-corrected chi connectivity index (χ4v) is 7.61. The third kappa shape index (κ3) is 4.77. The van der Waals surface area contributed by atoms with E-state index in [0.717, 1.165) is 33.2 Å². The van der Waals surface area contributed by atoms with Crippen LogP contribution < -0.4 is 9.47 Å². The van der Waals surface area contributed by atoms with Gasteiger partial charge in [0.05, 0.1) is 22.3 Å². The lowest BCUT2D eigenvalue weighted by Gasteiger charge is -2.24. The van der Waals surface area contributed by atoms with Gasteiger partial charge in [0.1, 0.15) is 0 Å². The third-order valence-electron chi connectivity index (χ3n) is 10.1.